The summed E-state index contributed by atoms with van der Waals surface area (Å²) < 4.78 is 21.1. The average molecular weight is 344 g/mol. The number of aryl methyl sites for hydroxylation is 1. The minimum Gasteiger partial charge on any atom is -0.371 e. The van der Waals surface area contributed by atoms with E-state index in [1.807, 2.05) is 19.9 Å². The van der Waals surface area contributed by atoms with Crippen LogP contribution in [-0.2, 0) is 11.3 Å². The third-order valence-corrected chi connectivity index (χ3v) is 4.95. The van der Waals surface area contributed by atoms with Gasteiger partial charge in [-0.25, -0.2) is 4.39 Å². The number of hydrogen-bond acceptors (Lipinski definition) is 3. The minimum atomic E-state index is -0.252. The molecule has 1 aromatic carbocycles. The van der Waals surface area contributed by atoms with E-state index in [1.54, 1.807) is 12.1 Å². The fraction of sp³-hybridized carbons (Fsp3) is 0.450. The topological polar surface area (TPSA) is 34.5 Å². The maximum atomic E-state index is 13.1. The summed E-state index contributed by atoms with van der Waals surface area (Å²) in [6.45, 7) is 9.33. The van der Waals surface area contributed by atoms with Crippen molar-refractivity contribution in [2.75, 3.05) is 26.2 Å². The molecule has 1 aliphatic rings. The van der Waals surface area contributed by atoms with Crippen molar-refractivity contribution >= 4 is 5.78 Å². The summed E-state index contributed by atoms with van der Waals surface area (Å²) in [5, 5.41) is 0. The SMILES string of the molecule is CCn1c(C)cc(C(=O)CN2CCOC(c3ccc(F)cc3)C2)c1C. The first-order valence-electron chi connectivity index (χ1n) is 8.79. The average Bonchev–Trinajstić information content (AvgIpc) is 2.89. The minimum absolute atomic E-state index is 0.120. The lowest BCUT2D eigenvalue weighted by atomic mass is 10.1. The highest BCUT2D eigenvalue weighted by Crippen LogP contribution is 2.23. The number of benzene rings is 1. The van der Waals surface area contributed by atoms with Gasteiger partial charge in [0.15, 0.2) is 5.78 Å². The van der Waals surface area contributed by atoms with Gasteiger partial charge in [0, 0.05) is 36.6 Å². The van der Waals surface area contributed by atoms with Crippen molar-refractivity contribution in [1.82, 2.24) is 9.47 Å². The van der Waals surface area contributed by atoms with E-state index in [1.165, 1.54) is 12.1 Å². The Morgan fingerprint density at radius 1 is 1.28 bits per heavy atom. The van der Waals surface area contributed by atoms with Crippen LogP contribution in [0, 0.1) is 19.7 Å². The second-order valence-corrected chi connectivity index (χ2v) is 6.60. The molecular weight excluding hydrogens is 319 g/mol. The summed E-state index contributed by atoms with van der Waals surface area (Å²) in [6, 6.07) is 8.38. The molecule has 2 heterocycles. The maximum absolute atomic E-state index is 13.1. The molecular formula is C20H25FN2O2. The van der Waals surface area contributed by atoms with Gasteiger partial charge in [0.1, 0.15) is 5.82 Å². The van der Waals surface area contributed by atoms with Gasteiger partial charge in [0.2, 0.25) is 0 Å². The smallest absolute Gasteiger partial charge is 0.178 e. The van der Waals surface area contributed by atoms with Gasteiger partial charge in [-0.3, -0.25) is 9.69 Å². The van der Waals surface area contributed by atoms with Gasteiger partial charge < -0.3 is 9.30 Å². The van der Waals surface area contributed by atoms with Crippen LogP contribution in [-0.4, -0.2) is 41.5 Å². The Morgan fingerprint density at radius 2 is 2.00 bits per heavy atom. The van der Waals surface area contributed by atoms with Crippen LogP contribution in [0.4, 0.5) is 4.39 Å². The van der Waals surface area contributed by atoms with Crippen LogP contribution < -0.4 is 0 Å². The standard InChI is InChI=1S/C20H25FN2O2/c1-4-23-14(2)11-18(15(23)3)19(24)12-22-9-10-25-20(13-22)16-5-7-17(21)8-6-16/h5-8,11,20H,4,9-10,12-13H2,1-3H3. The highest BCUT2D eigenvalue weighted by Gasteiger charge is 2.25. The molecule has 2 aromatic rings. The normalized spacial score (nSPS) is 18.5. The lowest BCUT2D eigenvalue weighted by molar-refractivity contribution is -0.0275. The first-order valence-corrected chi connectivity index (χ1v) is 8.79. The first-order chi connectivity index (χ1) is 12.0. The van der Waals surface area contributed by atoms with Crippen molar-refractivity contribution in [1.29, 1.82) is 0 Å². The van der Waals surface area contributed by atoms with Gasteiger partial charge >= 0.3 is 0 Å². The number of rotatable bonds is 5. The first kappa shape index (κ1) is 17.8. The Hall–Kier alpha value is -1.98. The van der Waals surface area contributed by atoms with Crippen LogP contribution in [0.5, 0.6) is 0 Å². The van der Waals surface area contributed by atoms with E-state index in [0.717, 1.165) is 35.6 Å². The van der Waals surface area contributed by atoms with Crippen LogP contribution in [0.25, 0.3) is 0 Å². The van der Waals surface area contributed by atoms with E-state index < -0.39 is 0 Å². The number of carbonyl (C=O) groups is 1. The molecule has 3 rings (SSSR count). The number of morpholine rings is 1. The van der Waals surface area contributed by atoms with Gasteiger partial charge in [0.05, 0.1) is 19.3 Å². The quantitative estimate of drug-likeness (QED) is 0.779. The number of carbonyl (C=O) groups excluding carboxylic acids is 1. The molecule has 0 radical (unpaired) electrons. The molecule has 1 fully saturated rings. The predicted molar refractivity (Wildman–Crippen MR) is 95.4 cm³/mol. The predicted octanol–water partition coefficient (Wildman–Crippen LogP) is 3.52. The van der Waals surface area contributed by atoms with Crippen molar-refractivity contribution in [3.63, 3.8) is 0 Å². The largest absolute Gasteiger partial charge is 0.371 e. The third kappa shape index (κ3) is 3.83. The van der Waals surface area contributed by atoms with Crippen molar-refractivity contribution in [3.05, 3.63) is 58.7 Å². The maximum Gasteiger partial charge on any atom is 0.178 e. The third-order valence-electron chi connectivity index (χ3n) is 4.95. The van der Waals surface area contributed by atoms with Crippen molar-refractivity contribution in [2.24, 2.45) is 0 Å². The molecule has 4 nitrogen and oxygen atoms in total. The monoisotopic (exact) mass is 344 g/mol. The zero-order valence-corrected chi connectivity index (χ0v) is 15.1. The molecule has 134 valence electrons. The van der Waals surface area contributed by atoms with Gasteiger partial charge in [-0.05, 0) is 44.5 Å². The highest BCUT2D eigenvalue weighted by molar-refractivity contribution is 5.99. The van der Waals surface area contributed by atoms with Gasteiger partial charge in [-0.1, -0.05) is 12.1 Å². The Morgan fingerprint density at radius 3 is 2.64 bits per heavy atom. The van der Waals surface area contributed by atoms with Gasteiger partial charge in [-0.15, -0.1) is 0 Å². The van der Waals surface area contributed by atoms with Gasteiger partial charge in [-0.2, -0.15) is 0 Å². The molecule has 25 heavy (non-hydrogen) atoms. The lowest BCUT2D eigenvalue weighted by Gasteiger charge is -2.32. The molecule has 1 aromatic heterocycles. The number of ketones is 1. The van der Waals surface area contributed by atoms with Crippen LogP contribution in [0.15, 0.2) is 30.3 Å². The molecule has 0 N–H and O–H groups in total. The molecule has 1 saturated heterocycles. The van der Waals surface area contributed by atoms with E-state index >= 15 is 0 Å². The Kier molecular flexibility index (Phi) is 5.35. The van der Waals surface area contributed by atoms with E-state index in [9.17, 15) is 9.18 Å². The zero-order valence-electron chi connectivity index (χ0n) is 15.1. The second-order valence-electron chi connectivity index (χ2n) is 6.60. The van der Waals surface area contributed by atoms with E-state index in [-0.39, 0.29) is 17.7 Å². The molecule has 0 amide bonds. The molecule has 5 heteroatoms. The summed E-state index contributed by atoms with van der Waals surface area (Å²) >= 11 is 0. The van der Waals surface area contributed by atoms with Crippen LogP contribution in [0.3, 0.4) is 0 Å². The van der Waals surface area contributed by atoms with Gasteiger partial charge in [0.25, 0.3) is 0 Å². The van der Waals surface area contributed by atoms with Crippen molar-refractivity contribution in [3.8, 4) is 0 Å². The number of nitrogens with zero attached hydrogens (tertiary/aromatic N) is 2. The lowest BCUT2D eigenvalue weighted by Crippen LogP contribution is -2.41. The van der Waals surface area contributed by atoms with Crippen molar-refractivity contribution < 1.29 is 13.9 Å². The zero-order chi connectivity index (χ0) is 18.0. The molecule has 0 aliphatic carbocycles. The van der Waals surface area contributed by atoms with E-state index in [0.29, 0.717) is 19.7 Å². The fourth-order valence-electron chi connectivity index (χ4n) is 3.58. The number of ether oxygens (including phenoxy) is 1. The van der Waals surface area contributed by atoms with Crippen LogP contribution in [0.2, 0.25) is 0 Å². The number of aromatic nitrogens is 1. The Bertz CT molecular complexity index is 752. The fourth-order valence-corrected chi connectivity index (χ4v) is 3.58. The van der Waals surface area contributed by atoms with Crippen molar-refractivity contribution in [2.45, 2.75) is 33.4 Å². The summed E-state index contributed by atoms with van der Waals surface area (Å²) in [4.78, 5) is 14.9. The molecule has 0 saturated carbocycles. The number of Topliss-reactive ketones (excluding diaryl/α,β-unsaturated/α-hetero) is 1. The Balaban J connectivity index is 1.68. The second kappa shape index (κ2) is 7.50. The van der Waals surface area contributed by atoms with E-state index in [2.05, 4.69) is 16.4 Å². The summed E-state index contributed by atoms with van der Waals surface area (Å²) in [5.41, 5.74) is 3.91. The van der Waals surface area contributed by atoms with E-state index in [4.69, 9.17) is 4.74 Å². The number of hydrogen-bond donors (Lipinski definition) is 0. The molecule has 0 spiro atoms. The summed E-state index contributed by atoms with van der Waals surface area (Å²) in [6.07, 6.45) is -0.120. The number of halogens is 1. The molecule has 1 aliphatic heterocycles. The summed E-state index contributed by atoms with van der Waals surface area (Å²) in [5.74, 6) is -0.106. The molecule has 1 atom stereocenters. The van der Waals surface area contributed by atoms with Crippen LogP contribution >= 0.6 is 0 Å². The van der Waals surface area contributed by atoms with Crippen LogP contribution in [0.1, 0.15) is 40.3 Å². The highest BCUT2D eigenvalue weighted by atomic mass is 19.1. The Labute approximate surface area is 148 Å². The molecule has 1 unspecified atom stereocenters. The molecule has 0 bridgehead atoms. The summed E-state index contributed by atoms with van der Waals surface area (Å²) in [7, 11) is 0.